The molecule has 1 amide bonds. The molecule has 2 aliphatic rings. The molecule has 2 aliphatic heterocycles. The van der Waals surface area contributed by atoms with Crippen molar-refractivity contribution in [2.24, 2.45) is 0 Å². The van der Waals surface area contributed by atoms with Crippen molar-refractivity contribution < 1.29 is 33.1 Å². The minimum absolute atomic E-state index is 0.218. The molecule has 3 rings (SSSR count). The van der Waals surface area contributed by atoms with E-state index in [-0.39, 0.29) is 12.6 Å². The third kappa shape index (κ3) is 5.21. The van der Waals surface area contributed by atoms with Crippen molar-refractivity contribution in [2.75, 3.05) is 13.7 Å². The summed E-state index contributed by atoms with van der Waals surface area (Å²) in [6.45, 7) is 13.6. The summed E-state index contributed by atoms with van der Waals surface area (Å²) in [6, 6.07) is 6.73. The van der Waals surface area contributed by atoms with Crippen LogP contribution in [-0.4, -0.2) is 66.7 Å². The molecule has 0 aromatic heterocycles. The Labute approximate surface area is 190 Å². The van der Waals surface area contributed by atoms with E-state index in [2.05, 4.69) is 0 Å². The van der Waals surface area contributed by atoms with Gasteiger partial charge in [-0.1, -0.05) is 12.1 Å². The number of hydrogen-bond donors (Lipinski definition) is 0. The van der Waals surface area contributed by atoms with Gasteiger partial charge in [0.05, 0.1) is 24.9 Å². The van der Waals surface area contributed by atoms with Crippen LogP contribution in [0.1, 0.15) is 54.9 Å². The largest absolute Gasteiger partial charge is 0.494 e. The van der Waals surface area contributed by atoms with Crippen molar-refractivity contribution in [3.63, 3.8) is 0 Å². The highest BCUT2D eigenvalue weighted by atomic mass is 16.7. The summed E-state index contributed by atoms with van der Waals surface area (Å²) >= 11 is 0. The zero-order valence-corrected chi connectivity index (χ0v) is 20.3. The minimum atomic E-state index is -0.758. The van der Waals surface area contributed by atoms with E-state index in [0.29, 0.717) is 12.2 Å². The number of hydrogen-bond acceptors (Lipinski definition) is 7. The van der Waals surface area contributed by atoms with E-state index in [0.717, 1.165) is 5.46 Å². The zero-order chi connectivity index (χ0) is 23.9. The van der Waals surface area contributed by atoms with Crippen LogP contribution in [0.2, 0.25) is 0 Å². The molecule has 2 saturated heterocycles. The predicted molar refractivity (Wildman–Crippen MR) is 120 cm³/mol. The molecule has 8 nitrogen and oxygen atoms in total. The smallest absolute Gasteiger partial charge is 0.489 e. The Morgan fingerprint density at radius 1 is 1.12 bits per heavy atom. The van der Waals surface area contributed by atoms with Gasteiger partial charge in [-0.15, -0.1) is 0 Å². The number of esters is 1. The van der Waals surface area contributed by atoms with Crippen molar-refractivity contribution in [1.29, 1.82) is 0 Å². The Hall–Kier alpha value is -2.26. The van der Waals surface area contributed by atoms with Gasteiger partial charge >= 0.3 is 19.2 Å². The highest BCUT2D eigenvalue weighted by Crippen LogP contribution is 2.36. The minimum Gasteiger partial charge on any atom is -0.489 e. The molecule has 0 spiro atoms. The lowest BCUT2D eigenvalue weighted by atomic mass is 9.79. The molecule has 1 aromatic carbocycles. The van der Waals surface area contributed by atoms with Crippen LogP contribution in [0.3, 0.4) is 0 Å². The lowest BCUT2D eigenvalue weighted by Gasteiger charge is -2.32. The molecule has 0 aliphatic carbocycles. The fourth-order valence-corrected chi connectivity index (χ4v) is 3.67. The van der Waals surface area contributed by atoms with Crippen molar-refractivity contribution in [3.05, 3.63) is 24.3 Å². The van der Waals surface area contributed by atoms with Gasteiger partial charge in [0.15, 0.2) is 0 Å². The van der Waals surface area contributed by atoms with E-state index in [1.807, 2.05) is 52.0 Å². The summed E-state index contributed by atoms with van der Waals surface area (Å²) in [5.41, 5.74) is -0.718. The van der Waals surface area contributed by atoms with Gasteiger partial charge in [0.1, 0.15) is 23.5 Å². The Morgan fingerprint density at radius 2 is 1.75 bits per heavy atom. The van der Waals surface area contributed by atoms with Gasteiger partial charge in [0, 0.05) is 6.42 Å². The lowest BCUT2D eigenvalue weighted by Crippen LogP contribution is -2.44. The number of carbonyl (C=O) groups excluding carboxylic acids is 2. The molecule has 2 atom stereocenters. The lowest BCUT2D eigenvalue weighted by molar-refractivity contribution is -0.145. The zero-order valence-electron chi connectivity index (χ0n) is 20.3. The van der Waals surface area contributed by atoms with Gasteiger partial charge in [-0.2, -0.15) is 0 Å². The first-order valence-electron chi connectivity index (χ1n) is 10.9. The van der Waals surface area contributed by atoms with Crippen LogP contribution in [0.4, 0.5) is 4.79 Å². The molecular weight excluding hydrogens is 413 g/mol. The highest BCUT2D eigenvalue weighted by Gasteiger charge is 2.52. The molecule has 0 bridgehead atoms. The van der Waals surface area contributed by atoms with Crippen LogP contribution >= 0.6 is 0 Å². The summed E-state index contributed by atoms with van der Waals surface area (Å²) in [5, 5.41) is 0. The van der Waals surface area contributed by atoms with Gasteiger partial charge in [-0.25, -0.2) is 9.59 Å². The summed E-state index contributed by atoms with van der Waals surface area (Å²) in [5.74, 6) is 0.116. The van der Waals surface area contributed by atoms with Crippen molar-refractivity contribution in [3.8, 4) is 5.75 Å². The van der Waals surface area contributed by atoms with Crippen LogP contribution < -0.4 is 10.2 Å². The second-order valence-electron chi connectivity index (χ2n) is 10.3. The molecule has 2 unspecified atom stereocenters. The molecule has 2 fully saturated rings. The van der Waals surface area contributed by atoms with Gasteiger partial charge in [-0.05, 0) is 66.1 Å². The fourth-order valence-electron chi connectivity index (χ4n) is 3.67. The van der Waals surface area contributed by atoms with Gasteiger partial charge < -0.3 is 23.5 Å². The quantitative estimate of drug-likeness (QED) is 0.519. The number of rotatable bonds is 4. The Morgan fingerprint density at radius 3 is 2.31 bits per heavy atom. The molecule has 0 saturated carbocycles. The van der Waals surface area contributed by atoms with E-state index < -0.39 is 42.0 Å². The molecule has 0 radical (unpaired) electrons. The predicted octanol–water partition coefficient (Wildman–Crippen LogP) is 2.92. The molecule has 1 aromatic rings. The first kappa shape index (κ1) is 24.4. The highest BCUT2D eigenvalue weighted by molar-refractivity contribution is 6.62. The number of ether oxygens (including phenoxy) is 3. The van der Waals surface area contributed by atoms with Crippen LogP contribution in [0.5, 0.6) is 5.75 Å². The number of carbonyl (C=O) groups is 2. The number of nitrogens with zero attached hydrogens (tertiary/aromatic N) is 1. The summed E-state index contributed by atoms with van der Waals surface area (Å²) in [6.07, 6.45) is -0.641. The monoisotopic (exact) mass is 447 g/mol. The first-order valence-corrected chi connectivity index (χ1v) is 10.9. The number of likely N-dealkylation sites (tertiary alicyclic amines) is 1. The molecule has 32 heavy (non-hydrogen) atoms. The first-order chi connectivity index (χ1) is 14.7. The summed E-state index contributed by atoms with van der Waals surface area (Å²) < 4.78 is 28.7. The summed E-state index contributed by atoms with van der Waals surface area (Å²) in [7, 11) is 0.797. The average Bonchev–Trinajstić information content (AvgIpc) is 3.18. The second-order valence-corrected chi connectivity index (χ2v) is 10.3. The topological polar surface area (TPSA) is 83.5 Å². The van der Waals surface area contributed by atoms with E-state index >= 15 is 0 Å². The van der Waals surface area contributed by atoms with E-state index in [1.54, 1.807) is 20.8 Å². The molecular formula is C23H34BNO7. The van der Waals surface area contributed by atoms with Crippen LogP contribution in [0.15, 0.2) is 24.3 Å². The van der Waals surface area contributed by atoms with Crippen LogP contribution in [0.25, 0.3) is 0 Å². The van der Waals surface area contributed by atoms with Gasteiger partial charge in [0.25, 0.3) is 0 Å². The van der Waals surface area contributed by atoms with Crippen molar-refractivity contribution in [1.82, 2.24) is 4.90 Å². The van der Waals surface area contributed by atoms with Gasteiger partial charge in [0.2, 0.25) is 0 Å². The number of amides is 1. The van der Waals surface area contributed by atoms with Gasteiger partial charge in [-0.3, -0.25) is 4.90 Å². The number of benzene rings is 1. The summed E-state index contributed by atoms with van der Waals surface area (Å²) in [4.78, 5) is 26.3. The van der Waals surface area contributed by atoms with E-state index in [1.165, 1.54) is 12.0 Å². The molecule has 176 valence electrons. The SMILES string of the molecule is COC(=O)C1CC(Oc2cccc(B3OC(C)(C)C(C)(C)O3)c2)CN1C(=O)OC(C)(C)C. The van der Waals surface area contributed by atoms with Crippen LogP contribution in [0, 0.1) is 0 Å². The Kier molecular flexibility index (Phi) is 6.55. The van der Waals surface area contributed by atoms with E-state index in [9.17, 15) is 9.59 Å². The maximum absolute atomic E-state index is 12.6. The third-order valence-electron chi connectivity index (χ3n) is 6.05. The molecule has 0 N–H and O–H groups in total. The maximum atomic E-state index is 12.6. The van der Waals surface area contributed by atoms with Crippen LogP contribution in [-0.2, 0) is 23.6 Å². The third-order valence-corrected chi connectivity index (χ3v) is 6.05. The van der Waals surface area contributed by atoms with Crippen molar-refractivity contribution in [2.45, 2.75) is 83.8 Å². The average molecular weight is 447 g/mol. The molecule has 2 heterocycles. The maximum Gasteiger partial charge on any atom is 0.494 e. The van der Waals surface area contributed by atoms with Crippen molar-refractivity contribution >= 4 is 24.6 Å². The fraction of sp³-hybridized carbons (Fsp3) is 0.652. The number of methoxy groups -OCH3 is 1. The Balaban J connectivity index is 1.73. The molecule has 9 heteroatoms. The second kappa shape index (κ2) is 8.59. The standard InChI is InChI=1S/C23H34BNO7/c1-21(2,3)30-20(27)25-14-17(13-18(25)19(26)28-8)29-16-11-9-10-15(12-16)24-31-22(4,5)23(6,7)32-24/h9-12,17-18H,13-14H2,1-8H3. The normalized spacial score (nSPS) is 24.4. The Bertz CT molecular complexity index is 848. The van der Waals surface area contributed by atoms with E-state index in [4.69, 9.17) is 23.5 Å².